The molecule has 78 valence electrons. The van der Waals surface area contributed by atoms with Gasteiger partial charge in [0.1, 0.15) is 11.6 Å². The van der Waals surface area contributed by atoms with Gasteiger partial charge in [-0.05, 0) is 30.3 Å². The number of benzene rings is 1. The molecule has 16 heavy (non-hydrogen) atoms. The Balaban J connectivity index is 2.37. The van der Waals surface area contributed by atoms with Gasteiger partial charge in [-0.1, -0.05) is 0 Å². The van der Waals surface area contributed by atoms with Crippen LogP contribution in [0.3, 0.4) is 0 Å². The van der Waals surface area contributed by atoms with Gasteiger partial charge in [-0.3, -0.25) is 0 Å². The quantitative estimate of drug-likeness (QED) is 0.769. The Kier molecular flexibility index (Phi) is 2.88. The number of nitriles is 1. The van der Waals surface area contributed by atoms with E-state index in [1.54, 1.807) is 24.4 Å². The maximum atomic E-state index is 12.7. The van der Waals surface area contributed by atoms with Crippen LogP contribution >= 0.6 is 0 Å². The van der Waals surface area contributed by atoms with E-state index in [1.165, 1.54) is 12.1 Å². The molecule has 0 aliphatic rings. The molecular weight excluding hydrogens is 205 g/mol. The van der Waals surface area contributed by atoms with Crippen LogP contribution in [0.4, 0.5) is 4.39 Å². The summed E-state index contributed by atoms with van der Waals surface area (Å²) in [6, 6.07) is 9.76. The van der Waals surface area contributed by atoms with Crippen LogP contribution < -0.4 is 0 Å². The first-order chi connectivity index (χ1) is 7.79. The fourth-order valence-corrected chi connectivity index (χ4v) is 1.34. The summed E-state index contributed by atoms with van der Waals surface area (Å²) in [4.78, 5) is 8.17. The molecule has 0 aliphatic heterocycles. The molecule has 4 heteroatoms. The maximum absolute atomic E-state index is 12.7. The normalized spacial score (nSPS) is 9.75. The van der Waals surface area contributed by atoms with Gasteiger partial charge >= 0.3 is 0 Å². The van der Waals surface area contributed by atoms with Crippen LogP contribution in [0, 0.1) is 17.1 Å². The van der Waals surface area contributed by atoms with Crippen LogP contribution in [0.5, 0.6) is 0 Å². The van der Waals surface area contributed by atoms with Gasteiger partial charge < -0.3 is 0 Å². The molecule has 2 rings (SSSR count). The van der Waals surface area contributed by atoms with Crippen LogP contribution in [0.25, 0.3) is 11.3 Å². The summed E-state index contributed by atoms with van der Waals surface area (Å²) in [5.74, 6) is 0.194. The zero-order chi connectivity index (χ0) is 11.4. The number of nitrogens with zero attached hydrogens (tertiary/aromatic N) is 3. The fraction of sp³-hybridized carbons (Fsp3) is 0.0833. The van der Waals surface area contributed by atoms with Gasteiger partial charge in [0.05, 0.1) is 18.2 Å². The second-order valence-electron chi connectivity index (χ2n) is 3.20. The van der Waals surface area contributed by atoms with Gasteiger partial charge in [0.25, 0.3) is 0 Å². The highest BCUT2D eigenvalue weighted by atomic mass is 19.1. The van der Waals surface area contributed by atoms with E-state index in [4.69, 9.17) is 5.26 Å². The van der Waals surface area contributed by atoms with Gasteiger partial charge in [0.2, 0.25) is 0 Å². The molecule has 0 fully saturated rings. The molecular formula is C12H8FN3. The van der Waals surface area contributed by atoms with E-state index in [9.17, 15) is 4.39 Å². The molecule has 0 radical (unpaired) electrons. The van der Waals surface area contributed by atoms with E-state index < -0.39 is 0 Å². The molecule has 1 heterocycles. The second-order valence-corrected chi connectivity index (χ2v) is 3.20. The molecule has 0 bridgehead atoms. The average molecular weight is 213 g/mol. The Labute approximate surface area is 92.2 Å². The van der Waals surface area contributed by atoms with Crippen molar-refractivity contribution in [2.24, 2.45) is 0 Å². The van der Waals surface area contributed by atoms with Crippen LogP contribution in [-0.2, 0) is 6.42 Å². The Morgan fingerprint density at radius 3 is 2.62 bits per heavy atom. The van der Waals surface area contributed by atoms with E-state index >= 15 is 0 Å². The van der Waals surface area contributed by atoms with Gasteiger partial charge in [0.15, 0.2) is 0 Å². The van der Waals surface area contributed by atoms with Crippen molar-refractivity contribution in [1.29, 1.82) is 5.26 Å². The highest BCUT2D eigenvalue weighted by Gasteiger charge is 2.01. The van der Waals surface area contributed by atoms with Gasteiger partial charge in [-0.25, -0.2) is 14.4 Å². The zero-order valence-electron chi connectivity index (χ0n) is 8.39. The molecule has 0 saturated carbocycles. The first-order valence-corrected chi connectivity index (χ1v) is 4.74. The highest BCUT2D eigenvalue weighted by Crippen LogP contribution is 2.16. The molecule has 1 aromatic carbocycles. The summed E-state index contributed by atoms with van der Waals surface area (Å²) in [5, 5.41) is 8.54. The van der Waals surface area contributed by atoms with Crippen molar-refractivity contribution in [3.05, 3.63) is 48.2 Å². The van der Waals surface area contributed by atoms with Crippen LogP contribution in [0.1, 0.15) is 5.82 Å². The van der Waals surface area contributed by atoms with Crippen molar-refractivity contribution >= 4 is 0 Å². The minimum absolute atomic E-state index is 0.176. The minimum atomic E-state index is -0.282. The smallest absolute Gasteiger partial charge is 0.142 e. The standard InChI is InChI=1S/C12H8FN3/c13-10-3-1-9(2-4-10)11-6-8-15-12(16-11)5-7-14/h1-4,6,8H,5H2. The predicted octanol–water partition coefficient (Wildman–Crippen LogP) is 2.35. The number of hydrogen-bond donors (Lipinski definition) is 0. The van der Waals surface area contributed by atoms with Crippen LogP contribution in [-0.4, -0.2) is 9.97 Å². The van der Waals surface area contributed by atoms with E-state index in [1.807, 2.05) is 6.07 Å². The van der Waals surface area contributed by atoms with Crippen molar-refractivity contribution in [3.8, 4) is 17.3 Å². The van der Waals surface area contributed by atoms with E-state index in [0.29, 0.717) is 11.5 Å². The predicted molar refractivity (Wildman–Crippen MR) is 56.7 cm³/mol. The van der Waals surface area contributed by atoms with E-state index in [2.05, 4.69) is 9.97 Å². The molecule has 3 nitrogen and oxygen atoms in total. The summed E-state index contributed by atoms with van der Waals surface area (Å²) < 4.78 is 12.7. The Morgan fingerprint density at radius 2 is 1.94 bits per heavy atom. The lowest BCUT2D eigenvalue weighted by Gasteiger charge is -2.01. The van der Waals surface area contributed by atoms with E-state index in [-0.39, 0.29) is 12.2 Å². The monoisotopic (exact) mass is 213 g/mol. The zero-order valence-corrected chi connectivity index (χ0v) is 8.39. The summed E-state index contributed by atoms with van der Waals surface area (Å²) in [6.07, 6.45) is 1.77. The SMILES string of the molecule is N#CCc1nccc(-c2ccc(F)cc2)n1. The van der Waals surface area contributed by atoms with Crippen molar-refractivity contribution in [1.82, 2.24) is 9.97 Å². The number of aromatic nitrogens is 2. The Bertz CT molecular complexity index is 529. The van der Waals surface area contributed by atoms with Gasteiger partial charge in [0, 0.05) is 11.8 Å². The van der Waals surface area contributed by atoms with Crippen molar-refractivity contribution in [2.45, 2.75) is 6.42 Å². The Hall–Kier alpha value is -2.28. The average Bonchev–Trinajstić information content (AvgIpc) is 2.31. The number of rotatable bonds is 2. The first kappa shape index (κ1) is 10.2. The van der Waals surface area contributed by atoms with Gasteiger partial charge in [-0.15, -0.1) is 0 Å². The summed E-state index contributed by atoms with van der Waals surface area (Å²) in [7, 11) is 0. The number of hydrogen-bond acceptors (Lipinski definition) is 3. The third-order valence-electron chi connectivity index (χ3n) is 2.08. The lowest BCUT2D eigenvalue weighted by molar-refractivity contribution is 0.628. The largest absolute Gasteiger partial charge is 0.240 e. The van der Waals surface area contributed by atoms with Crippen molar-refractivity contribution in [2.75, 3.05) is 0 Å². The third kappa shape index (κ3) is 2.20. The summed E-state index contributed by atoms with van der Waals surface area (Å²) >= 11 is 0. The molecule has 0 aliphatic carbocycles. The topological polar surface area (TPSA) is 49.6 Å². The van der Waals surface area contributed by atoms with Crippen molar-refractivity contribution < 1.29 is 4.39 Å². The molecule has 2 aromatic rings. The van der Waals surface area contributed by atoms with Crippen molar-refractivity contribution in [3.63, 3.8) is 0 Å². The molecule has 0 atom stereocenters. The third-order valence-corrected chi connectivity index (χ3v) is 2.08. The Morgan fingerprint density at radius 1 is 1.19 bits per heavy atom. The summed E-state index contributed by atoms with van der Waals surface area (Å²) in [6.45, 7) is 0. The number of halogens is 1. The molecule has 1 aromatic heterocycles. The van der Waals surface area contributed by atoms with Crippen LogP contribution in [0.2, 0.25) is 0 Å². The van der Waals surface area contributed by atoms with E-state index in [0.717, 1.165) is 5.56 Å². The molecule has 0 saturated heterocycles. The van der Waals surface area contributed by atoms with Crippen LogP contribution in [0.15, 0.2) is 36.5 Å². The highest BCUT2D eigenvalue weighted by molar-refractivity contribution is 5.58. The lowest BCUT2D eigenvalue weighted by atomic mass is 10.1. The van der Waals surface area contributed by atoms with Gasteiger partial charge in [-0.2, -0.15) is 5.26 Å². The first-order valence-electron chi connectivity index (χ1n) is 4.74. The molecule has 0 amide bonds. The maximum Gasteiger partial charge on any atom is 0.142 e. The molecule has 0 spiro atoms. The molecule has 0 unspecified atom stereocenters. The lowest BCUT2D eigenvalue weighted by Crippen LogP contribution is -1.94. The second kappa shape index (κ2) is 4.49. The molecule has 0 N–H and O–H groups in total. The summed E-state index contributed by atoms with van der Waals surface area (Å²) in [5.41, 5.74) is 1.50. The minimum Gasteiger partial charge on any atom is -0.240 e. The fourth-order valence-electron chi connectivity index (χ4n) is 1.34.